The van der Waals surface area contributed by atoms with Crippen molar-refractivity contribution in [2.45, 2.75) is 24.9 Å². The maximum atomic E-state index is 12.3. The molecule has 2 amide bonds. The monoisotopic (exact) mass is 330 g/mol. The van der Waals surface area contributed by atoms with Crippen molar-refractivity contribution in [3.63, 3.8) is 0 Å². The van der Waals surface area contributed by atoms with Gasteiger partial charge in [-0.1, -0.05) is 0 Å². The Kier molecular flexibility index (Phi) is 5.64. The standard InChI is InChI=1S/C12H12F6N2O2/c13-11(14,15)7-1-3-8(4-2-7)20-10(22)19-6-5-9(21)12(16,17)18/h1-4,9,21H,5-6H2,(H2,19,20,22)/t9-/m0/s1. The predicted molar refractivity (Wildman–Crippen MR) is 65.1 cm³/mol. The number of anilines is 1. The first-order chi connectivity index (χ1) is 10.00. The van der Waals surface area contributed by atoms with Crippen LogP contribution in [-0.4, -0.2) is 30.0 Å². The van der Waals surface area contributed by atoms with Gasteiger partial charge in [0, 0.05) is 12.2 Å². The highest BCUT2D eigenvalue weighted by Gasteiger charge is 2.37. The van der Waals surface area contributed by atoms with E-state index in [0.717, 1.165) is 24.3 Å². The first kappa shape index (κ1) is 18.1. The third kappa shape index (κ3) is 5.80. The van der Waals surface area contributed by atoms with E-state index < -0.39 is 43.0 Å². The van der Waals surface area contributed by atoms with E-state index >= 15 is 0 Å². The summed E-state index contributed by atoms with van der Waals surface area (Å²) in [7, 11) is 0. The van der Waals surface area contributed by atoms with Gasteiger partial charge in [0.1, 0.15) is 0 Å². The number of alkyl halides is 6. The fourth-order valence-electron chi connectivity index (χ4n) is 1.40. The first-order valence-electron chi connectivity index (χ1n) is 5.97. The van der Waals surface area contributed by atoms with Crippen LogP contribution in [0.4, 0.5) is 36.8 Å². The van der Waals surface area contributed by atoms with E-state index in [0.29, 0.717) is 0 Å². The van der Waals surface area contributed by atoms with Crippen molar-refractivity contribution in [1.82, 2.24) is 5.32 Å². The van der Waals surface area contributed by atoms with Gasteiger partial charge in [-0.25, -0.2) is 4.79 Å². The van der Waals surface area contributed by atoms with Crippen molar-refractivity contribution in [2.24, 2.45) is 0 Å². The second-order valence-corrected chi connectivity index (χ2v) is 4.30. The topological polar surface area (TPSA) is 61.4 Å². The SMILES string of the molecule is O=C(NCC[C@H](O)C(F)(F)F)Nc1ccc(C(F)(F)F)cc1. The lowest BCUT2D eigenvalue weighted by Gasteiger charge is -2.14. The molecule has 0 saturated heterocycles. The van der Waals surface area contributed by atoms with Crippen LogP contribution in [0.2, 0.25) is 0 Å². The molecule has 0 unspecified atom stereocenters. The third-order valence-electron chi connectivity index (χ3n) is 2.55. The van der Waals surface area contributed by atoms with Crippen molar-refractivity contribution in [3.8, 4) is 0 Å². The first-order valence-corrected chi connectivity index (χ1v) is 5.97. The summed E-state index contributed by atoms with van der Waals surface area (Å²) < 4.78 is 72.9. The average molecular weight is 330 g/mol. The largest absolute Gasteiger partial charge is 0.416 e. The highest BCUT2D eigenvalue weighted by Crippen LogP contribution is 2.29. The number of nitrogens with one attached hydrogen (secondary N) is 2. The van der Waals surface area contributed by atoms with Crippen LogP contribution in [-0.2, 0) is 6.18 Å². The number of carbonyl (C=O) groups excluding carboxylic acids is 1. The minimum absolute atomic E-state index is 0.0434. The van der Waals surface area contributed by atoms with Gasteiger partial charge in [0.15, 0.2) is 6.10 Å². The van der Waals surface area contributed by atoms with Crippen LogP contribution in [0.3, 0.4) is 0 Å². The van der Waals surface area contributed by atoms with Gasteiger partial charge >= 0.3 is 18.4 Å². The van der Waals surface area contributed by atoms with Crippen LogP contribution >= 0.6 is 0 Å². The summed E-state index contributed by atoms with van der Waals surface area (Å²) in [5.74, 6) is 0. The highest BCUT2D eigenvalue weighted by molar-refractivity contribution is 5.89. The molecular weight excluding hydrogens is 318 g/mol. The molecular formula is C12H12F6N2O2. The van der Waals surface area contributed by atoms with Gasteiger partial charge < -0.3 is 15.7 Å². The fourth-order valence-corrected chi connectivity index (χ4v) is 1.40. The zero-order chi connectivity index (χ0) is 17.0. The third-order valence-corrected chi connectivity index (χ3v) is 2.55. The van der Waals surface area contributed by atoms with E-state index in [2.05, 4.69) is 5.32 Å². The Morgan fingerprint density at radius 2 is 1.64 bits per heavy atom. The molecule has 1 aromatic carbocycles. The molecule has 0 saturated carbocycles. The van der Waals surface area contributed by atoms with E-state index in [-0.39, 0.29) is 5.69 Å². The molecule has 0 aliphatic carbocycles. The predicted octanol–water partition coefficient (Wildman–Crippen LogP) is 3.14. The molecule has 1 rings (SSSR count). The van der Waals surface area contributed by atoms with Gasteiger partial charge in [-0.3, -0.25) is 0 Å². The van der Waals surface area contributed by atoms with Gasteiger partial charge in [0.05, 0.1) is 5.56 Å². The molecule has 0 aliphatic rings. The van der Waals surface area contributed by atoms with Gasteiger partial charge in [0.25, 0.3) is 0 Å². The number of hydrogen-bond donors (Lipinski definition) is 3. The Balaban J connectivity index is 2.43. The smallest absolute Gasteiger partial charge is 0.384 e. The van der Waals surface area contributed by atoms with Crippen molar-refractivity contribution in [1.29, 1.82) is 0 Å². The summed E-state index contributed by atoms with van der Waals surface area (Å²) in [6.07, 6.45) is -12.6. The number of aliphatic hydroxyl groups excluding tert-OH is 1. The summed E-state index contributed by atoms with van der Waals surface area (Å²) in [5, 5.41) is 12.9. The van der Waals surface area contributed by atoms with Crippen molar-refractivity contribution < 1.29 is 36.2 Å². The molecule has 0 aliphatic heterocycles. The van der Waals surface area contributed by atoms with E-state index in [9.17, 15) is 31.1 Å². The number of amides is 2. The van der Waals surface area contributed by atoms with Gasteiger partial charge in [-0.15, -0.1) is 0 Å². The number of urea groups is 1. The lowest BCUT2D eigenvalue weighted by molar-refractivity contribution is -0.204. The molecule has 0 bridgehead atoms. The van der Waals surface area contributed by atoms with Crippen LogP contribution in [0.15, 0.2) is 24.3 Å². The van der Waals surface area contributed by atoms with Gasteiger partial charge in [-0.2, -0.15) is 26.3 Å². The number of halogens is 6. The Bertz CT molecular complexity index is 498. The number of carbonyl (C=O) groups is 1. The normalized spacial score (nSPS) is 13.6. The Morgan fingerprint density at radius 3 is 2.09 bits per heavy atom. The van der Waals surface area contributed by atoms with E-state index in [1.807, 2.05) is 5.32 Å². The molecule has 0 heterocycles. The lowest BCUT2D eigenvalue weighted by Crippen LogP contribution is -2.35. The summed E-state index contributed by atoms with van der Waals surface area (Å²) >= 11 is 0. The molecule has 0 fully saturated rings. The molecule has 0 radical (unpaired) electrons. The molecule has 22 heavy (non-hydrogen) atoms. The second-order valence-electron chi connectivity index (χ2n) is 4.30. The van der Waals surface area contributed by atoms with Crippen LogP contribution in [0.1, 0.15) is 12.0 Å². The summed E-state index contributed by atoms with van der Waals surface area (Å²) in [6.45, 7) is -0.451. The fraction of sp³-hybridized carbons (Fsp3) is 0.417. The molecule has 124 valence electrons. The maximum Gasteiger partial charge on any atom is 0.416 e. The molecule has 1 aromatic rings. The zero-order valence-corrected chi connectivity index (χ0v) is 10.9. The second kappa shape index (κ2) is 6.86. The molecule has 4 nitrogen and oxygen atoms in total. The van der Waals surface area contributed by atoms with Crippen LogP contribution in [0.25, 0.3) is 0 Å². The number of rotatable bonds is 4. The van der Waals surface area contributed by atoms with Crippen molar-refractivity contribution >= 4 is 11.7 Å². The zero-order valence-electron chi connectivity index (χ0n) is 10.9. The van der Waals surface area contributed by atoms with E-state index in [4.69, 9.17) is 5.11 Å². The molecule has 10 heteroatoms. The van der Waals surface area contributed by atoms with E-state index in [1.165, 1.54) is 0 Å². The summed E-state index contributed by atoms with van der Waals surface area (Å²) in [6, 6.07) is 2.63. The minimum Gasteiger partial charge on any atom is -0.384 e. The molecule has 0 aromatic heterocycles. The summed E-state index contributed by atoms with van der Waals surface area (Å²) in [5.41, 5.74) is -0.853. The average Bonchev–Trinajstić information content (AvgIpc) is 2.37. The lowest BCUT2D eigenvalue weighted by atomic mass is 10.2. The Hall–Kier alpha value is -1.97. The van der Waals surface area contributed by atoms with Gasteiger partial charge in [-0.05, 0) is 30.7 Å². The number of hydrogen-bond acceptors (Lipinski definition) is 2. The maximum absolute atomic E-state index is 12.3. The molecule has 1 atom stereocenters. The van der Waals surface area contributed by atoms with Crippen LogP contribution in [0, 0.1) is 0 Å². The summed E-state index contributed by atoms with van der Waals surface area (Å²) in [4.78, 5) is 11.3. The highest BCUT2D eigenvalue weighted by atomic mass is 19.4. The quantitative estimate of drug-likeness (QED) is 0.743. The number of benzene rings is 1. The Labute approximate surface area is 121 Å². The minimum atomic E-state index is -4.77. The van der Waals surface area contributed by atoms with Crippen LogP contribution in [0.5, 0.6) is 0 Å². The molecule has 0 spiro atoms. The van der Waals surface area contributed by atoms with Crippen molar-refractivity contribution in [2.75, 3.05) is 11.9 Å². The van der Waals surface area contributed by atoms with Gasteiger partial charge in [0.2, 0.25) is 0 Å². The number of aliphatic hydroxyl groups is 1. The van der Waals surface area contributed by atoms with Crippen LogP contribution < -0.4 is 10.6 Å². The van der Waals surface area contributed by atoms with E-state index in [1.54, 1.807) is 0 Å². The molecule has 3 N–H and O–H groups in total. The van der Waals surface area contributed by atoms with Crippen molar-refractivity contribution in [3.05, 3.63) is 29.8 Å². The Morgan fingerprint density at radius 1 is 1.09 bits per heavy atom.